The van der Waals surface area contributed by atoms with Crippen LogP contribution >= 0.6 is 0 Å². The minimum atomic E-state index is -1.22. The molecular formula is C33H52O13. The lowest BCUT2D eigenvalue weighted by Crippen LogP contribution is -2.59. The highest BCUT2D eigenvalue weighted by molar-refractivity contribution is 5.91. The molecule has 4 aliphatic rings. The highest BCUT2D eigenvalue weighted by Gasteiger charge is 2.49. The number of allylic oxidation sites excluding steroid dienone is 1. The van der Waals surface area contributed by atoms with E-state index in [4.69, 9.17) is 37.9 Å². The zero-order valence-electron chi connectivity index (χ0n) is 27.8. The average molecular weight is 657 g/mol. The summed E-state index contributed by atoms with van der Waals surface area (Å²) in [5, 5.41) is 31.3. The van der Waals surface area contributed by atoms with Gasteiger partial charge in [-0.2, -0.15) is 0 Å². The first kappa shape index (κ1) is 37.0. The predicted octanol–water partition coefficient (Wildman–Crippen LogP) is 1.44. The summed E-state index contributed by atoms with van der Waals surface area (Å²) in [6.45, 7) is 9.04. The second-order valence-corrected chi connectivity index (χ2v) is 13.0. The number of methoxy groups -OCH3 is 2. The van der Waals surface area contributed by atoms with Gasteiger partial charge < -0.3 is 53.2 Å². The van der Waals surface area contributed by atoms with Gasteiger partial charge in [0, 0.05) is 44.5 Å². The lowest BCUT2D eigenvalue weighted by molar-refractivity contribution is -0.305. The molecule has 0 amide bonds. The molecule has 4 heterocycles. The first-order valence-electron chi connectivity index (χ1n) is 16.3. The average Bonchev–Trinajstić information content (AvgIpc) is 3.78. The van der Waals surface area contributed by atoms with Crippen molar-refractivity contribution in [2.24, 2.45) is 17.8 Å². The molecule has 4 rings (SSSR count). The minimum Gasteiger partial charge on any atom is -0.459 e. The van der Waals surface area contributed by atoms with Gasteiger partial charge in [0.1, 0.15) is 36.6 Å². The van der Waals surface area contributed by atoms with E-state index in [0.717, 1.165) is 0 Å². The van der Waals surface area contributed by atoms with Crippen LogP contribution in [0, 0.1) is 17.8 Å². The Morgan fingerprint density at radius 1 is 0.826 bits per heavy atom. The monoisotopic (exact) mass is 656 g/mol. The van der Waals surface area contributed by atoms with Gasteiger partial charge in [-0.3, -0.25) is 4.79 Å². The first-order chi connectivity index (χ1) is 21.8. The van der Waals surface area contributed by atoms with Gasteiger partial charge in [0.15, 0.2) is 18.4 Å². The molecule has 16 atom stereocenters. The smallest absolute Gasteiger partial charge is 0.330 e. The van der Waals surface area contributed by atoms with Crippen LogP contribution < -0.4 is 0 Å². The van der Waals surface area contributed by atoms with Crippen molar-refractivity contribution in [1.82, 2.24) is 0 Å². The highest BCUT2D eigenvalue weighted by Crippen LogP contribution is 2.36. The van der Waals surface area contributed by atoms with Gasteiger partial charge in [-0.15, -0.1) is 0 Å². The van der Waals surface area contributed by atoms with Crippen LogP contribution in [0.3, 0.4) is 0 Å². The molecule has 13 heteroatoms. The van der Waals surface area contributed by atoms with Crippen molar-refractivity contribution in [3.63, 3.8) is 0 Å². The predicted molar refractivity (Wildman–Crippen MR) is 162 cm³/mol. The maximum Gasteiger partial charge on any atom is 0.330 e. The minimum absolute atomic E-state index is 0.0646. The van der Waals surface area contributed by atoms with Crippen LogP contribution in [0.4, 0.5) is 0 Å². The molecule has 4 aliphatic heterocycles. The Bertz CT molecular complexity index is 1070. The molecule has 0 saturated carbocycles. The second kappa shape index (κ2) is 16.6. The lowest BCUT2D eigenvalue weighted by atomic mass is 9.92. The van der Waals surface area contributed by atoms with E-state index in [1.54, 1.807) is 32.9 Å². The van der Waals surface area contributed by atoms with Crippen LogP contribution in [0.15, 0.2) is 24.3 Å². The molecule has 262 valence electrons. The van der Waals surface area contributed by atoms with E-state index in [0.29, 0.717) is 12.8 Å². The molecule has 3 saturated heterocycles. The fraction of sp³-hybridized carbons (Fsp3) is 0.818. The number of cyclic esters (lactones) is 1. The van der Waals surface area contributed by atoms with E-state index >= 15 is 0 Å². The maximum atomic E-state index is 13.0. The van der Waals surface area contributed by atoms with Gasteiger partial charge in [0.05, 0.1) is 37.1 Å². The summed E-state index contributed by atoms with van der Waals surface area (Å²) in [5.41, 5.74) is 0. The molecule has 0 spiro atoms. The van der Waals surface area contributed by atoms with Gasteiger partial charge in [-0.25, -0.2) is 4.79 Å². The van der Waals surface area contributed by atoms with Crippen LogP contribution in [-0.2, 0) is 47.5 Å². The van der Waals surface area contributed by atoms with E-state index in [-0.39, 0.29) is 49.0 Å². The molecule has 0 aliphatic carbocycles. The largest absolute Gasteiger partial charge is 0.459 e. The zero-order chi connectivity index (χ0) is 33.7. The molecule has 0 aromatic rings. The van der Waals surface area contributed by atoms with Gasteiger partial charge in [0.2, 0.25) is 0 Å². The first-order valence-corrected chi connectivity index (χ1v) is 16.3. The normalized spacial score (nSPS) is 47.4. The number of rotatable bonds is 7. The van der Waals surface area contributed by atoms with Crippen LogP contribution in [0.2, 0.25) is 0 Å². The third-order valence-electron chi connectivity index (χ3n) is 9.51. The fourth-order valence-corrected chi connectivity index (χ4v) is 6.32. The summed E-state index contributed by atoms with van der Waals surface area (Å²) >= 11 is 0. The molecule has 3 fully saturated rings. The number of epoxide rings is 1. The SMILES string of the molecule is CO[C@@H]1[C@H](O)[C@@H](C)O[C@@H](OC[C@H]2[C@@H]3O[C@@H]3/C=C/C(=O)[C@H](C)CC[C@H](O[C@@H]3O[C@H](C)C[C@H](O)[C@H]3O)[C@@H](C)/C=C/C(=O)O[C@@H]2C)[C@@H]1OC. The molecule has 46 heavy (non-hydrogen) atoms. The Balaban J connectivity index is 1.49. The quantitative estimate of drug-likeness (QED) is 0.266. The number of carbonyl (C=O) groups excluding carboxylic acids is 2. The van der Waals surface area contributed by atoms with Crippen molar-refractivity contribution in [1.29, 1.82) is 0 Å². The Hall–Kier alpha value is -1.78. The van der Waals surface area contributed by atoms with Crippen LogP contribution in [0.25, 0.3) is 0 Å². The number of aliphatic hydroxyl groups is 3. The molecule has 0 unspecified atom stereocenters. The van der Waals surface area contributed by atoms with Gasteiger partial charge in [0.25, 0.3) is 0 Å². The molecule has 0 aromatic carbocycles. The van der Waals surface area contributed by atoms with Crippen LogP contribution in [-0.4, -0.2) is 128 Å². The lowest BCUT2D eigenvalue weighted by Gasteiger charge is -2.42. The molecule has 0 bridgehead atoms. The molecule has 13 nitrogen and oxygen atoms in total. The van der Waals surface area contributed by atoms with Crippen LogP contribution in [0.5, 0.6) is 0 Å². The van der Waals surface area contributed by atoms with Crippen LogP contribution in [0.1, 0.15) is 53.9 Å². The number of aliphatic hydroxyl groups excluding tert-OH is 3. The van der Waals surface area contributed by atoms with E-state index < -0.39 is 73.3 Å². The Morgan fingerprint density at radius 3 is 2.24 bits per heavy atom. The third-order valence-corrected chi connectivity index (χ3v) is 9.51. The molecule has 3 N–H and O–H groups in total. The summed E-state index contributed by atoms with van der Waals surface area (Å²) in [6.07, 6.45) is -1.74. The van der Waals surface area contributed by atoms with Crippen molar-refractivity contribution < 1.29 is 62.8 Å². The summed E-state index contributed by atoms with van der Waals surface area (Å²) in [4.78, 5) is 26.1. The molecule has 0 radical (unpaired) electrons. The number of hydrogen-bond acceptors (Lipinski definition) is 13. The number of ether oxygens (including phenoxy) is 8. The number of carbonyl (C=O) groups is 2. The third kappa shape index (κ3) is 9.22. The van der Waals surface area contributed by atoms with Crippen molar-refractivity contribution in [3.05, 3.63) is 24.3 Å². The van der Waals surface area contributed by atoms with Crippen molar-refractivity contribution in [2.45, 2.75) is 134 Å². The van der Waals surface area contributed by atoms with E-state index in [9.17, 15) is 24.9 Å². The molecule has 0 aromatic heterocycles. The standard InChI is InChI=1S/C33H52O13/c1-16-8-11-24(46-32-28(38)23(35)14-18(3)42-32)17(2)9-13-26(36)43-19(4)21(29-25(45-29)12-10-22(16)34)15-41-33-31(40-7)30(39-6)27(37)20(5)44-33/h9-10,12-13,16-21,23-25,27-33,35,37-38H,8,11,14-15H2,1-7H3/b12-10+,13-9+/t16-,17+,18-,19-,20-,21-,23+,24+,25-,27-,28-,29+,30-,31-,32+,33-/m1/s1. The zero-order valence-corrected chi connectivity index (χ0v) is 27.8. The summed E-state index contributed by atoms with van der Waals surface area (Å²) < 4.78 is 46.8. The summed E-state index contributed by atoms with van der Waals surface area (Å²) in [5.74, 6) is -1.71. The van der Waals surface area contributed by atoms with E-state index in [1.165, 1.54) is 26.4 Å². The van der Waals surface area contributed by atoms with Gasteiger partial charge in [-0.1, -0.05) is 19.9 Å². The Kier molecular flexibility index (Phi) is 13.3. The van der Waals surface area contributed by atoms with Crippen molar-refractivity contribution in [3.8, 4) is 0 Å². The van der Waals surface area contributed by atoms with Gasteiger partial charge in [-0.05, 0) is 45.8 Å². The summed E-state index contributed by atoms with van der Waals surface area (Å²) in [7, 11) is 2.96. The van der Waals surface area contributed by atoms with Crippen molar-refractivity contribution in [2.75, 3.05) is 20.8 Å². The van der Waals surface area contributed by atoms with E-state index in [2.05, 4.69) is 0 Å². The topological polar surface area (TPSA) is 172 Å². The maximum absolute atomic E-state index is 13.0. The Labute approximate surface area is 271 Å². The van der Waals surface area contributed by atoms with E-state index in [1.807, 2.05) is 13.8 Å². The number of ketones is 1. The number of hydrogen-bond donors (Lipinski definition) is 3. The molecular weight excluding hydrogens is 604 g/mol. The second-order valence-electron chi connectivity index (χ2n) is 13.0. The van der Waals surface area contributed by atoms with Crippen molar-refractivity contribution >= 4 is 11.8 Å². The van der Waals surface area contributed by atoms with Gasteiger partial charge >= 0.3 is 5.97 Å². The number of esters is 1. The summed E-state index contributed by atoms with van der Waals surface area (Å²) in [6, 6.07) is 0. The fourth-order valence-electron chi connectivity index (χ4n) is 6.32. The Morgan fingerprint density at radius 2 is 1.54 bits per heavy atom. The highest BCUT2D eigenvalue weighted by atomic mass is 16.7. The number of fused-ring (bicyclic) bond motifs is 1.